The molecule has 1 aliphatic rings. The van der Waals surface area contributed by atoms with Crippen molar-refractivity contribution in [1.82, 2.24) is 15.0 Å². The van der Waals surface area contributed by atoms with Crippen LogP contribution in [0.4, 0.5) is 4.39 Å². The SMILES string of the molecule is O=C(c1ccc(OCc2c(-c3ccc(F)cc3)noc2CO)nc1)N1CCS(=O)CC1. The van der Waals surface area contributed by atoms with Gasteiger partial charge in [-0.15, -0.1) is 0 Å². The summed E-state index contributed by atoms with van der Waals surface area (Å²) in [4.78, 5) is 18.4. The number of amides is 1. The van der Waals surface area contributed by atoms with E-state index in [1.165, 1.54) is 18.3 Å². The molecule has 0 bridgehead atoms. The molecule has 1 fully saturated rings. The van der Waals surface area contributed by atoms with Crippen LogP contribution in [-0.2, 0) is 24.0 Å². The van der Waals surface area contributed by atoms with E-state index in [9.17, 15) is 18.5 Å². The molecular weight excluding hydrogens is 425 g/mol. The fraction of sp³-hybridized carbons (Fsp3) is 0.286. The van der Waals surface area contributed by atoms with E-state index in [1.54, 1.807) is 29.2 Å². The number of nitrogens with zero attached hydrogens (tertiary/aromatic N) is 3. The van der Waals surface area contributed by atoms with Gasteiger partial charge in [0.05, 0.1) is 11.1 Å². The second-order valence-electron chi connectivity index (χ2n) is 6.91. The third-order valence-corrected chi connectivity index (χ3v) is 6.22. The van der Waals surface area contributed by atoms with E-state index in [2.05, 4.69) is 10.1 Å². The van der Waals surface area contributed by atoms with Crippen LogP contribution in [0.25, 0.3) is 11.3 Å². The average molecular weight is 445 g/mol. The van der Waals surface area contributed by atoms with Gasteiger partial charge in [-0.25, -0.2) is 9.37 Å². The molecule has 3 heterocycles. The third-order valence-electron chi connectivity index (χ3n) is 4.94. The van der Waals surface area contributed by atoms with Gasteiger partial charge < -0.3 is 19.3 Å². The highest BCUT2D eigenvalue weighted by molar-refractivity contribution is 7.85. The van der Waals surface area contributed by atoms with Crippen molar-refractivity contribution in [3.05, 3.63) is 65.3 Å². The van der Waals surface area contributed by atoms with Crippen molar-refractivity contribution in [1.29, 1.82) is 0 Å². The Balaban J connectivity index is 1.45. The lowest BCUT2D eigenvalue weighted by Gasteiger charge is -2.26. The Bertz CT molecular complexity index is 1080. The van der Waals surface area contributed by atoms with E-state index in [4.69, 9.17) is 9.26 Å². The van der Waals surface area contributed by atoms with Gasteiger partial charge in [-0.3, -0.25) is 9.00 Å². The maximum absolute atomic E-state index is 13.2. The Kier molecular flexibility index (Phi) is 6.38. The summed E-state index contributed by atoms with van der Waals surface area (Å²) < 4.78 is 35.6. The summed E-state index contributed by atoms with van der Waals surface area (Å²) >= 11 is 0. The topological polar surface area (TPSA) is 106 Å². The highest BCUT2D eigenvalue weighted by Crippen LogP contribution is 2.27. The van der Waals surface area contributed by atoms with E-state index < -0.39 is 10.8 Å². The van der Waals surface area contributed by atoms with Crippen LogP contribution in [0.15, 0.2) is 47.1 Å². The number of aliphatic hydroxyl groups excluding tert-OH is 1. The molecule has 0 radical (unpaired) electrons. The molecule has 0 aliphatic carbocycles. The molecule has 162 valence electrons. The molecule has 31 heavy (non-hydrogen) atoms. The van der Waals surface area contributed by atoms with Crippen LogP contribution in [0.3, 0.4) is 0 Å². The maximum Gasteiger partial charge on any atom is 0.255 e. The summed E-state index contributed by atoms with van der Waals surface area (Å²) in [6, 6.07) is 8.95. The Morgan fingerprint density at radius 1 is 1.19 bits per heavy atom. The Morgan fingerprint density at radius 2 is 1.94 bits per heavy atom. The monoisotopic (exact) mass is 445 g/mol. The Hall–Kier alpha value is -3.11. The molecule has 0 atom stereocenters. The van der Waals surface area contributed by atoms with Crippen LogP contribution in [0, 0.1) is 5.82 Å². The van der Waals surface area contributed by atoms with Crippen molar-refractivity contribution in [2.24, 2.45) is 0 Å². The molecule has 10 heteroatoms. The van der Waals surface area contributed by atoms with E-state index in [0.717, 1.165) is 0 Å². The quantitative estimate of drug-likeness (QED) is 0.620. The van der Waals surface area contributed by atoms with Gasteiger partial charge >= 0.3 is 0 Å². The number of aromatic nitrogens is 2. The molecule has 0 spiro atoms. The zero-order valence-electron chi connectivity index (χ0n) is 16.5. The first-order valence-electron chi connectivity index (χ1n) is 9.62. The largest absolute Gasteiger partial charge is 0.473 e. The predicted molar refractivity (Wildman–Crippen MR) is 110 cm³/mol. The molecule has 3 aromatic rings. The lowest BCUT2D eigenvalue weighted by molar-refractivity contribution is 0.0770. The highest BCUT2D eigenvalue weighted by Gasteiger charge is 2.22. The molecule has 0 unspecified atom stereocenters. The molecule has 2 aromatic heterocycles. The summed E-state index contributed by atoms with van der Waals surface area (Å²) in [6.07, 6.45) is 1.44. The second-order valence-corrected chi connectivity index (χ2v) is 8.61. The van der Waals surface area contributed by atoms with E-state index in [-0.39, 0.29) is 36.6 Å². The van der Waals surface area contributed by atoms with Crippen LogP contribution in [0.5, 0.6) is 5.88 Å². The third kappa shape index (κ3) is 4.80. The molecular formula is C21H20FN3O5S. The van der Waals surface area contributed by atoms with Gasteiger partial charge in [-0.05, 0) is 30.3 Å². The van der Waals surface area contributed by atoms with E-state index in [1.807, 2.05) is 0 Å². The molecule has 1 aliphatic heterocycles. The summed E-state index contributed by atoms with van der Waals surface area (Å²) in [6.45, 7) is 0.583. The number of benzene rings is 1. The van der Waals surface area contributed by atoms with Crippen LogP contribution in [0.1, 0.15) is 21.7 Å². The molecule has 1 aromatic carbocycles. The van der Waals surface area contributed by atoms with E-state index in [0.29, 0.717) is 47.0 Å². The molecule has 1 saturated heterocycles. The summed E-state index contributed by atoms with van der Waals surface area (Å²) in [7, 11) is -0.854. The van der Waals surface area contributed by atoms with Crippen molar-refractivity contribution in [2.75, 3.05) is 24.6 Å². The first kappa shape index (κ1) is 21.1. The number of hydrogen-bond donors (Lipinski definition) is 1. The number of halogens is 1. The maximum atomic E-state index is 13.2. The number of rotatable bonds is 6. The fourth-order valence-electron chi connectivity index (χ4n) is 3.21. The normalized spacial score (nSPS) is 14.6. The molecule has 0 saturated carbocycles. The minimum absolute atomic E-state index is 0.0182. The first-order valence-corrected chi connectivity index (χ1v) is 11.1. The Labute approximate surface area is 180 Å². The zero-order chi connectivity index (χ0) is 21.8. The van der Waals surface area contributed by atoms with Gasteiger partial charge in [0.2, 0.25) is 5.88 Å². The number of hydrogen-bond acceptors (Lipinski definition) is 7. The zero-order valence-corrected chi connectivity index (χ0v) is 17.3. The highest BCUT2D eigenvalue weighted by atomic mass is 32.2. The number of ether oxygens (including phenoxy) is 1. The molecule has 1 N–H and O–H groups in total. The van der Waals surface area contributed by atoms with Crippen LogP contribution < -0.4 is 4.74 Å². The van der Waals surface area contributed by atoms with Gasteiger partial charge in [0.15, 0.2) is 5.76 Å². The van der Waals surface area contributed by atoms with Gasteiger partial charge in [0, 0.05) is 53.2 Å². The van der Waals surface area contributed by atoms with Crippen LogP contribution in [0.2, 0.25) is 0 Å². The fourth-order valence-corrected chi connectivity index (χ4v) is 4.26. The van der Waals surface area contributed by atoms with Gasteiger partial charge in [0.25, 0.3) is 5.91 Å². The molecule has 1 amide bonds. The molecule has 8 nitrogen and oxygen atoms in total. The average Bonchev–Trinajstić information content (AvgIpc) is 3.21. The van der Waals surface area contributed by atoms with Crippen molar-refractivity contribution >= 4 is 16.7 Å². The van der Waals surface area contributed by atoms with Crippen LogP contribution in [-0.4, -0.2) is 54.9 Å². The minimum atomic E-state index is -0.854. The standard InChI is InChI=1S/C21H20FN3O5S/c22-16-4-1-14(2-5-16)20-17(18(12-26)30-24-20)13-29-19-6-3-15(11-23-19)21(27)25-7-9-31(28)10-8-25/h1-6,11,26H,7-10,12-13H2. The minimum Gasteiger partial charge on any atom is -0.473 e. The van der Waals surface area contributed by atoms with Crippen molar-refractivity contribution in [3.8, 4) is 17.1 Å². The van der Waals surface area contributed by atoms with E-state index >= 15 is 0 Å². The predicted octanol–water partition coefficient (Wildman–Crippen LogP) is 2.15. The molecule has 4 rings (SSSR count). The van der Waals surface area contributed by atoms with Gasteiger partial charge in [-0.1, -0.05) is 5.16 Å². The number of aliphatic hydroxyl groups is 1. The summed E-state index contributed by atoms with van der Waals surface area (Å²) in [5.41, 5.74) is 2.02. The van der Waals surface area contributed by atoms with Crippen molar-refractivity contribution in [2.45, 2.75) is 13.2 Å². The second kappa shape index (κ2) is 9.36. The smallest absolute Gasteiger partial charge is 0.255 e. The number of carbonyl (C=O) groups excluding carboxylic acids is 1. The Morgan fingerprint density at radius 3 is 2.58 bits per heavy atom. The van der Waals surface area contributed by atoms with Gasteiger partial charge in [0.1, 0.15) is 24.7 Å². The van der Waals surface area contributed by atoms with Gasteiger partial charge in [-0.2, -0.15) is 0 Å². The number of carbonyl (C=O) groups is 1. The number of pyridine rings is 1. The lowest BCUT2D eigenvalue weighted by atomic mass is 10.1. The lowest BCUT2D eigenvalue weighted by Crippen LogP contribution is -2.41. The van der Waals surface area contributed by atoms with Crippen molar-refractivity contribution < 1.29 is 27.8 Å². The van der Waals surface area contributed by atoms with Crippen molar-refractivity contribution in [3.63, 3.8) is 0 Å². The van der Waals surface area contributed by atoms with Crippen LogP contribution >= 0.6 is 0 Å². The summed E-state index contributed by atoms with van der Waals surface area (Å²) in [5, 5.41) is 13.5. The first-order chi connectivity index (χ1) is 15.0. The summed E-state index contributed by atoms with van der Waals surface area (Å²) in [5.74, 6) is 0.978.